The molecule has 1 aromatic heterocycles. The van der Waals surface area contributed by atoms with Crippen LogP contribution in [-0.2, 0) is 4.74 Å². The number of amides is 1. The number of primary amides is 1. The van der Waals surface area contributed by atoms with Crippen molar-refractivity contribution in [1.29, 1.82) is 0 Å². The Balaban J connectivity index is 1.93. The molecule has 0 unspecified atom stereocenters. The van der Waals surface area contributed by atoms with Gasteiger partial charge in [0, 0.05) is 30.5 Å². The van der Waals surface area contributed by atoms with Crippen molar-refractivity contribution in [2.75, 3.05) is 7.11 Å². The Morgan fingerprint density at radius 2 is 2.04 bits per heavy atom. The molecule has 0 aliphatic carbocycles. The number of H-pyrrole nitrogens is 1. The first kappa shape index (κ1) is 17.2. The molecule has 0 saturated carbocycles. The Morgan fingerprint density at radius 3 is 2.71 bits per heavy atom. The van der Waals surface area contributed by atoms with Crippen LogP contribution in [0.1, 0.15) is 20.7 Å². The van der Waals surface area contributed by atoms with Gasteiger partial charge in [-0.2, -0.15) is 10.2 Å². The SMILES string of the molecule is COC(=O)c1cn(-c2ccc(-n3cccn3)c(C(N)=O)c2)cc2c(=O)[nH]nc1-2. The van der Waals surface area contributed by atoms with Crippen LogP contribution < -0.4 is 11.3 Å². The maximum Gasteiger partial charge on any atom is 0.341 e. The number of carbonyl (C=O) groups is 2. The number of nitrogens with zero attached hydrogens (tertiary/aromatic N) is 4. The lowest BCUT2D eigenvalue weighted by atomic mass is 10.1. The van der Waals surface area contributed by atoms with Crippen LogP contribution >= 0.6 is 0 Å². The summed E-state index contributed by atoms with van der Waals surface area (Å²) in [5.41, 5.74) is 6.85. The average Bonchev–Trinajstić information content (AvgIpc) is 3.36. The molecular weight excluding hydrogens is 364 g/mol. The highest BCUT2D eigenvalue weighted by molar-refractivity contribution is 5.98. The number of ether oxygens (including phenoxy) is 1. The molecule has 3 heterocycles. The van der Waals surface area contributed by atoms with E-state index in [2.05, 4.69) is 15.3 Å². The Hall–Kier alpha value is -4.21. The van der Waals surface area contributed by atoms with Gasteiger partial charge in [0.25, 0.3) is 11.5 Å². The number of esters is 1. The van der Waals surface area contributed by atoms with E-state index in [1.165, 1.54) is 28.8 Å². The number of nitrogens with two attached hydrogens (primary N) is 1. The van der Waals surface area contributed by atoms with Gasteiger partial charge in [0.1, 0.15) is 11.3 Å². The molecule has 4 rings (SSSR count). The molecule has 0 fully saturated rings. The Kier molecular flexibility index (Phi) is 4.00. The van der Waals surface area contributed by atoms with E-state index < -0.39 is 17.4 Å². The predicted octanol–water partition coefficient (Wildman–Crippen LogP) is 0.737. The second-order valence-electron chi connectivity index (χ2n) is 5.90. The van der Waals surface area contributed by atoms with Crippen LogP contribution in [0.15, 0.2) is 53.8 Å². The number of fused-ring (bicyclic) bond motifs is 1. The zero-order valence-electron chi connectivity index (χ0n) is 14.6. The lowest BCUT2D eigenvalue weighted by Gasteiger charge is -2.14. The molecule has 0 atom stereocenters. The average molecular weight is 378 g/mol. The molecule has 0 bridgehead atoms. The molecule has 0 saturated heterocycles. The Bertz CT molecular complexity index is 1220. The minimum absolute atomic E-state index is 0.107. The van der Waals surface area contributed by atoms with Crippen molar-refractivity contribution in [2.45, 2.75) is 0 Å². The summed E-state index contributed by atoms with van der Waals surface area (Å²) in [5.74, 6) is -1.29. The Morgan fingerprint density at radius 1 is 1.21 bits per heavy atom. The number of carbonyl (C=O) groups excluding carboxylic acids is 2. The highest BCUT2D eigenvalue weighted by atomic mass is 16.5. The van der Waals surface area contributed by atoms with E-state index in [-0.39, 0.29) is 22.4 Å². The van der Waals surface area contributed by atoms with Crippen molar-refractivity contribution in [2.24, 2.45) is 5.73 Å². The summed E-state index contributed by atoms with van der Waals surface area (Å²) in [6, 6.07) is 6.65. The summed E-state index contributed by atoms with van der Waals surface area (Å²) in [6.07, 6.45) is 6.26. The zero-order valence-corrected chi connectivity index (χ0v) is 14.6. The molecule has 2 aromatic rings. The number of methoxy groups -OCH3 is 1. The van der Waals surface area contributed by atoms with E-state index in [4.69, 9.17) is 10.5 Å². The second-order valence-corrected chi connectivity index (χ2v) is 5.90. The largest absolute Gasteiger partial charge is 0.465 e. The molecule has 10 nitrogen and oxygen atoms in total. The fourth-order valence-electron chi connectivity index (χ4n) is 2.94. The van der Waals surface area contributed by atoms with Gasteiger partial charge in [-0.25, -0.2) is 14.6 Å². The molecule has 1 amide bonds. The first-order chi connectivity index (χ1) is 13.5. The molecule has 28 heavy (non-hydrogen) atoms. The highest BCUT2D eigenvalue weighted by Crippen LogP contribution is 2.24. The van der Waals surface area contributed by atoms with Gasteiger partial charge >= 0.3 is 5.97 Å². The molecule has 140 valence electrons. The van der Waals surface area contributed by atoms with Crippen molar-refractivity contribution >= 4 is 11.9 Å². The third-order valence-electron chi connectivity index (χ3n) is 4.26. The van der Waals surface area contributed by atoms with Crippen molar-refractivity contribution in [3.8, 4) is 22.6 Å². The monoisotopic (exact) mass is 378 g/mol. The number of hydrogen-bond donors (Lipinski definition) is 2. The normalized spacial score (nSPS) is 10.9. The number of rotatable bonds is 4. The molecular formula is C18H14N6O4. The van der Waals surface area contributed by atoms with E-state index in [1.54, 1.807) is 36.7 Å². The molecule has 3 N–H and O–H groups in total. The standard InChI is InChI=1S/C18H14N6O4/c1-28-18(27)13-9-23(8-12-15(13)21-22-17(12)26)10-3-4-14(11(7-10)16(19)25)24-6-2-5-20-24/h2-9H,1H3,(H2,19,25)(H,22,26). The van der Waals surface area contributed by atoms with Crippen LogP contribution in [0.5, 0.6) is 0 Å². The number of benzene rings is 1. The van der Waals surface area contributed by atoms with Crippen LogP contribution in [0.4, 0.5) is 0 Å². The Labute approximate surface area is 157 Å². The molecule has 0 spiro atoms. The van der Waals surface area contributed by atoms with Gasteiger partial charge in [0.15, 0.2) is 0 Å². The molecule has 0 radical (unpaired) electrons. The smallest absolute Gasteiger partial charge is 0.341 e. The lowest BCUT2D eigenvalue weighted by molar-refractivity contribution is 0.0600. The summed E-state index contributed by atoms with van der Waals surface area (Å²) in [7, 11) is 1.24. The van der Waals surface area contributed by atoms with Crippen molar-refractivity contribution < 1.29 is 14.3 Å². The summed E-state index contributed by atoms with van der Waals surface area (Å²) >= 11 is 0. The molecule has 10 heteroatoms. The van der Waals surface area contributed by atoms with Crippen LogP contribution in [-0.4, -0.2) is 43.5 Å². The van der Waals surface area contributed by atoms with E-state index in [1.807, 2.05) is 0 Å². The fraction of sp³-hybridized carbons (Fsp3) is 0.0556. The molecule has 1 aromatic carbocycles. The number of pyridine rings is 1. The van der Waals surface area contributed by atoms with Gasteiger partial charge in [-0.3, -0.25) is 9.59 Å². The van der Waals surface area contributed by atoms with Crippen LogP contribution in [0.25, 0.3) is 22.6 Å². The van der Waals surface area contributed by atoms with Crippen molar-refractivity contribution in [3.05, 3.63) is 70.5 Å². The minimum Gasteiger partial charge on any atom is -0.465 e. The minimum atomic E-state index is -0.644. The number of aromatic nitrogens is 5. The van der Waals surface area contributed by atoms with Gasteiger partial charge < -0.3 is 15.0 Å². The first-order valence-corrected chi connectivity index (χ1v) is 8.12. The predicted molar refractivity (Wildman–Crippen MR) is 97.8 cm³/mol. The maximum absolute atomic E-state index is 12.1. The quantitative estimate of drug-likeness (QED) is 0.502. The van der Waals surface area contributed by atoms with Crippen LogP contribution in [0.3, 0.4) is 0 Å². The van der Waals surface area contributed by atoms with Crippen LogP contribution in [0, 0.1) is 0 Å². The summed E-state index contributed by atoms with van der Waals surface area (Å²) in [4.78, 5) is 36.1. The summed E-state index contributed by atoms with van der Waals surface area (Å²) in [6.45, 7) is 0. The van der Waals surface area contributed by atoms with Crippen molar-refractivity contribution in [1.82, 2.24) is 24.5 Å². The number of hydrogen-bond acceptors (Lipinski definition) is 6. The fourth-order valence-corrected chi connectivity index (χ4v) is 2.94. The van der Waals surface area contributed by atoms with E-state index in [0.717, 1.165) is 0 Å². The molecule has 2 aliphatic heterocycles. The van der Waals surface area contributed by atoms with Gasteiger partial charge in [-0.05, 0) is 24.3 Å². The lowest BCUT2D eigenvalue weighted by Crippen LogP contribution is -2.16. The highest BCUT2D eigenvalue weighted by Gasteiger charge is 2.22. The van der Waals surface area contributed by atoms with Crippen molar-refractivity contribution in [3.63, 3.8) is 0 Å². The van der Waals surface area contributed by atoms with E-state index in [9.17, 15) is 14.4 Å². The molecule has 2 aliphatic rings. The number of nitrogens with one attached hydrogen (secondary N) is 1. The van der Waals surface area contributed by atoms with E-state index >= 15 is 0 Å². The summed E-state index contributed by atoms with van der Waals surface area (Å²) in [5, 5.41) is 10.3. The van der Waals surface area contributed by atoms with Gasteiger partial charge in [0.2, 0.25) is 0 Å². The maximum atomic E-state index is 12.1. The second kappa shape index (κ2) is 6.50. The van der Waals surface area contributed by atoms with Crippen LogP contribution in [0.2, 0.25) is 0 Å². The zero-order chi connectivity index (χ0) is 19.8. The summed E-state index contributed by atoms with van der Waals surface area (Å²) < 4.78 is 7.83. The van der Waals surface area contributed by atoms with Gasteiger partial charge in [-0.15, -0.1) is 0 Å². The van der Waals surface area contributed by atoms with Gasteiger partial charge in [-0.1, -0.05) is 0 Å². The number of aromatic amines is 1. The first-order valence-electron chi connectivity index (χ1n) is 8.12. The third kappa shape index (κ3) is 2.72. The van der Waals surface area contributed by atoms with Gasteiger partial charge in [0.05, 0.1) is 23.9 Å². The topological polar surface area (TPSA) is 138 Å². The van der Waals surface area contributed by atoms with E-state index in [0.29, 0.717) is 11.4 Å². The third-order valence-corrected chi connectivity index (χ3v) is 4.26.